The molecular weight excluding hydrogens is 512 g/mol. The number of H-pyrrole nitrogens is 1. The van der Waals surface area contributed by atoms with Gasteiger partial charge in [0, 0.05) is 24.6 Å². The van der Waals surface area contributed by atoms with Gasteiger partial charge in [-0.3, -0.25) is 9.19 Å². The Hall–Kier alpha value is -4.09. The highest BCUT2D eigenvalue weighted by Crippen LogP contribution is 2.39. The van der Waals surface area contributed by atoms with Gasteiger partial charge in [0.1, 0.15) is 17.2 Å². The molecule has 1 N–H and O–H groups in total. The number of aromatic amines is 1. The summed E-state index contributed by atoms with van der Waals surface area (Å²) in [6.07, 6.45) is 4.61. The molecule has 0 spiro atoms. The molecule has 11 heteroatoms. The Morgan fingerprint density at radius 2 is 1.70 bits per heavy atom. The molecule has 1 atom stereocenters. The first kappa shape index (κ1) is 24.6. The van der Waals surface area contributed by atoms with E-state index in [0.29, 0.717) is 50.4 Å². The summed E-state index contributed by atoms with van der Waals surface area (Å²) in [6, 6.07) is 18.9. The summed E-state index contributed by atoms with van der Waals surface area (Å²) >= 11 is 0. The molecular formula is C26H22N4O5S2. The number of sulfone groups is 1. The van der Waals surface area contributed by atoms with Crippen LogP contribution in [0.4, 0.5) is 0 Å². The summed E-state index contributed by atoms with van der Waals surface area (Å²) in [5.41, 5.74) is 1.96. The number of rotatable bonds is 8. The van der Waals surface area contributed by atoms with E-state index in [4.69, 9.17) is 9.47 Å². The minimum absolute atomic E-state index is 0.0257. The van der Waals surface area contributed by atoms with Crippen LogP contribution in [0.3, 0.4) is 0 Å². The van der Waals surface area contributed by atoms with Gasteiger partial charge < -0.3 is 14.5 Å². The molecule has 1 unspecified atom stereocenters. The first-order chi connectivity index (χ1) is 17.8. The maximum Gasteiger partial charge on any atom is 0.195 e. The van der Waals surface area contributed by atoms with Crippen LogP contribution in [-0.4, -0.2) is 44.6 Å². The third kappa shape index (κ3) is 5.23. The van der Waals surface area contributed by atoms with Crippen molar-refractivity contribution < 1.29 is 22.1 Å². The summed E-state index contributed by atoms with van der Waals surface area (Å²) < 4.78 is 48.8. The van der Waals surface area contributed by atoms with Crippen LogP contribution in [-0.2, 0) is 20.6 Å². The van der Waals surface area contributed by atoms with E-state index in [9.17, 15) is 12.6 Å². The largest absolute Gasteiger partial charge is 0.452 e. The molecule has 5 rings (SSSR count). The summed E-state index contributed by atoms with van der Waals surface area (Å²) in [4.78, 5) is 16.8. The van der Waals surface area contributed by atoms with E-state index in [1.807, 2.05) is 18.2 Å². The van der Waals surface area contributed by atoms with Gasteiger partial charge in [0.2, 0.25) is 0 Å². The average molecular weight is 535 g/mol. The molecule has 37 heavy (non-hydrogen) atoms. The number of imidazole rings is 1. The zero-order valence-electron chi connectivity index (χ0n) is 19.9. The fraction of sp³-hybridized carbons (Fsp3) is 0.115. The Morgan fingerprint density at radius 3 is 2.41 bits per heavy atom. The number of nitrogens with one attached hydrogen (secondary N) is 1. The molecule has 0 saturated heterocycles. The number of hydrogen-bond acceptors (Lipinski definition) is 8. The van der Waals surface area contributed by atoms with Crippen LogP contribution in [0.2, 0.25) is 0 Å². The Labute approximate surface area is 215 Å². The Morgan fingerprint density at radius 1 is 0.919 bits per heavy atom. The SMILES string of the molecule is CCS(=O)(=O)c1ccc(Oc2cc3[nH]c(-c4ccccn4)nc3cc2Oc2ccccc2S(C)=O)cn1. The summed E-state index contributed by atoms with van der Waals surface area (Å²) in [6.45, 7) is 1.56. The number of nitrogens with zero attached hydrogens (tertiary/aromatic N) is 3. The van der Waals surface area contributed by atoms with Crippen molar-refractivity contribution >= 4 is 31.7 Å². The second-order valence-electron chi connectivity index (χ2n) is 7.96. The third-order valence-electron chi connectivity index (χ3n) is 5.47. The van der Waals surface area contributed by atoms with Gasteiger partial charge in [0.05, 0.1) is 38.7 Å². The highest BCUT2D eigenvalue weighted by molar-refractivity contribution is 7.91. The predicted octanol–water partition coefficient (Wildman–Crippen LogP) is 5.14. The quantitative estimate of drug-likeness (QED) is 0.290. The Kier molecular flexibility index (Phi) is 6.72. The number of hydrogen-bond donors (Lipinski definition) is 1. The summed E-state index contributed by atoms with van der Waals surface area (Å²) in [5, 5.41) is -0.0257. The van der Waals surface area contributed by atoms with Gasteiger partial charge in [-0.25, -0.2) is 18.4 Å². The van der Waals surface area contributed by atoms with Crippen molar-refractivity contribution in [3.05, 3.63) is 79.1 Å². The van der Waals surface area contributed by atoms with Crippen LogP contribution in [0, 0.1) is 0 Å². The number of benzene rings is 2. The number of fused-ring (bicyclic) bond motifs is 1. The smallest absolute Gasteiger partial charge is 0.195 e. The molecule has 3 aromatic heterocycles. The lowest BCUT2D eigenvalue weighted by Gasteiger charge is -2.14. The first-order valence-electron chi connectivity index (χ1n) is 11.3. The standard InChI is InChI=1S/C26H22N4O5S2/c1-3-37(32,33)25-12-11-17(16-28-25)34-22-14-19-20(30-26(29-19)18-8-6-7-13-27-18)15-23(22)35-21-9-4-5-10-24(21)36(2)31/h4-16H,3H2,1-2H3,(H,29,30). The van der Waals surface area contributed by atoms with Crippen molar-refractivity contribution in [3.8, 4) is 34.5 Å². The van der Waals surface area contributed by atoms with Crippen molar-refractivity contribution in [2.45, 2.75) is 16.8 Å². The van der Waals surface area contributed by atoms with Crippen molar-refractivity contribution in [1.82, 2.24) is 19.9 Å². The van der Waals surface area contributed by atoms with E-state index in [1.54, 1.807) is 55.8 Å². The monoisotopic (exact) mass is 534 g/mol. The van der Waals surface area contributed by atoms with Gasteiger partial charge in [-0.05, 0) is 36.4 Å². The van der Waals surface area contributed by atoms with Gasteiger partial charge in [-0.1, -0.05) is 25.1 Å². The fourth-order valence-corrected chi connectivity index (χ4v) is 5.03. The van der Waals surface area contributed by atoms with E-state index < -0.39 is 20.6 Å². The van der Waals surface area contributed by atoms with E-state index >= 15 is 0 Å². The lowest BCUT2D eigenvalue weighted by atomic mass is 10.2. The Balaban J connectivity index is 1.58. The molecule has 0 fully saturated rings. The van der Waals surface area contributed by atoms with Crippen LogP contribution in [0.15, 0.2) is 89.0 Å². The zero-order valence-corrected chi connectivity index (χ0v) is 21.5. The van der Waals surface area contributed by atoms with E-state index in [0.717, 1.165) is 0 Å². The van der Waals surface area contributed by atoms with Crippen molar-refractivity contribution in [2.75, 3.05) is 12.0 Å². The molecule has 0 aliphatic heterocycles. The molecule has 5 aromatic rings. The number of pyridine rings is 2. The topological polar surface area (TPSA) is 124 Å². The number of para-hydroxylation sites is 1. The van der Waals surface area contributed by atoms with Crippen LogP contribution in [0.1, 0.15) is 6.92 Å². The second-order valence-corrected chi connectivity index (χ2v) is 11.5. The fourth-order valence-electron chi connectivity index (χ4n) is 3.58. The van der Waals surface area contributed by atoms with Crippen LogP contribution < -0.4 is 9.47 Å². The molecule has 9 nitrogen and oxygen atoms in total. The molecule has 0 bridgehead atoms. The van der Waals surface area contributed by atoms with Gasteiger partial charge in [0.25, 0.3) is 0 Å². The molecule has 0 aliphatic rings. The van der Waals surface area contributed by atoms with E-state index in [-0.39, 0.29) is 10.8 Å². The third-order valence-corrected chi connectivity index (χ3v) is 8.06. The van der Waals surface area contributed by atoms with E-state index in [2.05, 4.69) is 19.9 Å². The minimum atomic E-state index is -3.44. The Bertz CT molecular complexity index is 1700. The first-order valence-corrected chi connectivity index (χ1v) is 14.5. The average Bonchev–Trinajstić information content (AvgIpc) is 3.33. The predicted molar refractivity (Wildman–Crippen MR) is 140 cm³/mol. The highest BCUT2D eigenvalue weighted by atomic mass is 32.2. The highest BCUT2D eigenvalue weighted by Gasteiger charge is 2.18. The van der Waals surface area contributed by atoms with Crippen molar-refractivity contribution in [2.24, 2.45) is 0 Å². The van der Waals surface area contributed by atoms with Gasteiger partial charge in [0.15, 0.2) is 32.2 Å². The van der Waals surface area contributed by atoms with Gasteiger partial charge in [-0.2, -0.15) is 0 Å². The molecule has 0 aliphatic carbocycles. The van der Waals surface area contributed by atoms with Crippen LogP contribution >= 0.6 is 0 Å². The normalized spacial score (nSPS) is 12.4. The molecule has 0 amide bonds. The lowest BCUT2D eigenvalue weighted by Crippen LogP contribution is -2.05. The summed E-state index contributed by atoms with van der Waals surface area (Å²) in [7, 11) is -4.72. The van der Waals surface area contributed by atoms with Crippen molar-refractivity contribution in [3.63, 3.8) is 0 Å². The molecule has 2 aromatic carbocycles. The maximum absolute atomic E-state index is 12.3. The maximum atomic E-state index is 12.3. The van der Waals surface area contributed by atoms with E-state index in [1.165, 1.54) is 18.3 Å². The molecule has 188 valence electrons. The van der Waals surface area contributed by atoms with Gasteiger partial charge >= 0.3 is 0 Å². The second kappa shape index (κ2) is 10.1. The minimum Gasteiger partial charge on any atom is -0.452 e. The van der Waals surface area contributed by atoms with Crippen molar-refractivity contribution in [1.29, 1.82) is 0 Å². The van der Waals surface area contributed by atoms with Gasteiger partial charge in [-0.15, -0.1) is 0 Å². The van der Waals surface area contributed by atoms with Crippen LogP contribution in [0.5, 0.6) is 23.0 Å². The number of ether oxygens (including phenoxy) is 2. The zero-order chi connectivity index (χ0) is 26.0. The molecule has 0 radical (unpaired) electrons. The molecule has 0 saturated carbocycles. The van der Waals surface area contributed by atoms with Crippen LogP contribution in [0.25, 0.3) is 22.6 Å². The lowest BCUT2D eigenvalue weighted by molar-refractivity contribution is 0.413. The molecule has 3 heterocycles. The summed E-state index contributed by atoms with van der Waals surface area (Å²) in [5.74, 6) is 1.91. The number of aromatic nitrogens is 4.